The largest absolute Gasteiger partial charge is 2.00 e. The predicted octanol–water partition coefficient (Wildman–Crippen LogP) is 5.84. The van der Waals surface area contributed by atoms with Crippen LogP contribution >= 0.6 is 11.6 Å². The van der Waals surface area contributed by atoms with Crippen molar-refractivity contribution in [3.63, 3.8) is 0 Å². The van der Waals surface area contributed by atoms with Gasteiger partial charge in [-0.25, -0.2) is 0 Å². The molecule has 0 bridgehead atoms. The van der Waals surface area contributed by atoms with Gasteiger partial charge in [0, 0.05) is 14.0 Å². The topological polar surface area (TPSA) is 0 Å². The minimum Gasteiger partial charge on any atom is -1.00 e. The molecule has 0 heterocycles. The van der Waals surface area contributed by atoms with E-state index in [2.05, 4.69) is 83.8 Å². The Labute approximate surface area is 201 Å². The second-order valence-corrected chi connectivity index (χ2v) is 13.2. The average molecular weight is 446 g/mol. The molecule has 0 nitrogen and oxygen atoms in total. The molecule has 0 aromatic rings. The van der Waals surface area contributed by atoms with Crippen LogP contribution in [-0.4, -0.2) is 37.0 Å². The van der Waals surface area contributed by atoms with Crippen LogP contribution in [0.15, 0.2) is 36.5 Å². The van der Waals surface area contributed by atoms with Crippen molar-refractivity contribution in [2.75, 3.05) is 5.88 Å². The first-order valence-electron chi connectivity index (χ1n) is 10.2. The van der Waals surface area contributed by atoms with Gasteiger partial charge in [-0.3, -0.25) is 0 Å². The fraction of sp³-hybridized carbons (Fsp3) is 0.696. The fourth-order valence-corrected chi connectivity index (χ4v) is 3.27. The van der Waals surface area contributed by atoms with Crippen LogP contribution in [-0.2, 0) is 0 Å². The van der Waals surface area contributed by atoms with Crippen LogP contribution in [0.5, 0.6) is 0 Å². The molecule has 0 aliphatic heterocycles. The Morgan fingerprint density at radius 2 is 1.19 bits per heavy atom. The van der Waals surface area contributed by atoms with Gasteiger partial charge in [0.1, 0.15) is 0 Å². The maximum Gasteiger partial charge on any atom is 2.00 e. The zero-order valence-electron chi connectivity index (χ0n) is 19.2. The fourth-order valence-electron chi connectivity index (χ4n) is 1.83. The van der Waals surface area contributed by atoms with Gasteiger partial charge < -0.3 is 19.3 Å². The SMILES string of the molecule is CC/C=C\CCCC[Si](C)(C)C.CC/C=C\CCCl.[CH2-]C/C=C\CC.[Cl-].[Mg+2]. The number of hydrogen-bond acceptors (Lipinski definition) is 0. The van der Waals surface area contributed by atoms with Crippen molar-refractivity contribution >= 4 is 42.7 Å². The minimum atomic E-state index is -0.750. The molecule has 0 atom stereocenters. The number of rotatable bonds is 11. The normalized spacial score (nSPS) is 10.7. The first-order valence-corrected chi connectivity index (χ1v) is 14.4. The van der Waals surface area contributed by atoms with E-state index < -0.39 is 8.07 Å². The molecule has 0 fully saturated rings. The van der Waals surface area contributed by atoms with Crippen molar-refractivity contribution in [1.29, 1.82) is 0 Å². The molecule has 0 spiro atoms. The van der Waals surface area contributed by atoms with Gasteiger partial charge in [-0.1, -0.05) is 89.7 Å². The summed E-state index contributed by atoms with van der Waals surface area (Å²) in [5.41, 5.74) is 0. The Morgan fingerprint density at radius 1 is 0.741 bits per heavy atom. The summed E-state index contributed by atoms with van der Waals surface area (Å²) < 4.78 is 0. The summed E-state index contributed by atoms with van der Waals surface area (Å²) in [7, 11) is -0.750. The van der Waals surface area contributed by atoms with Gasteiger partial charge in [-0.15, -0.1) is 17.7 Å². The van der Waals surface area contributed by atoms with Crippen molar-refractivity contribution in [2.45, 2.75) is 97.8 Å². The summed E-state index contributed by atoms with van der Waals surface area (Å²) in [6.07, 6.45) is 22.5. The third-order valence-electron chi connectivity index (χ3n) is 3.20. The van der Waals surface area contributed by atoms with E-state index in [1.165, 1.54) is 31.7 Å². The van der Waals surface area contributed by atoms with Gasteiger partial charge in [0.05, 0.1) is 0 Å². The minimum absolute atomic E-state index is 0. The number of hydrogen-bond donors (Lipinski definition) is 0. The van der Waals surface area contributed by atoms with Crippen LogP contribution in [0.4, 0.5) is 0 Å². The van der Waals surface area contributed by atoms with E-state index in [-0.39, 0.29) is 35.5 Å². The molecule has 0 amide bonds. The molecule has 0 radical (unpaired) electrons. The Kier molecular flexibility index (Phi) is 48.8. The quantitative estimate of drug-likeness (QED) is 0.123. The molecule has 0 aromatic carbocycles. The van der Waals surface area contributed by atoms with Crippen molar-refractivity contribution in [3.8, 4) is 0 Å². The molecular formula is C23H46Cl2MgSi. The second-order valence-electron chi connectivity index (χ2n) is 7.21. The van der Waals surface area contributed by atoms with E-state index >= 15 is 0 Å². The number of alkyl halides is 1. The summed E-state index contributed by atoms with van der Waals surface area (Å²) in [4.78, 5) is 0. The van der Waals surface area contributed by atoms with Gasteiger partial charge in [0.2, 0.25) is 0 Å². The standard InChI is InChI=1S/C11H24Si.C6H11Cl.C6H11.ClH.Mg/c1-5-6-7-8-9-10-11-12(2,3)4;1-2-3-4-5-6-7;1-3-5-6-4-2;;/h6-7H,5,8-11H2,1-4H3;3-4H,2,5-6H2,1H3;5-6H,1,3-4H2,2H3;1H;/q;;-1;;+2/p-1/b7-6-;4-3-;6-5-;;. The maximum atomic E-state index is 5.39. The van der Waals surface area contributed by atoms with E-state index in [9.17, 15) is 0 Å². The third-order valence-corrected chi connectivity index (χ3v) is 5.27. The van der Waals surface area contributed by atoms with Crippen molar-refractivity contribution in [2.24, 2.45) is 0 Å². The number of allylic oxidation sites excluding steroid dienone is 6. The second kappa shape index (κ2) is 34.3. The van der Waals surface area contributed by atoms with Gasteiger partial charge in [-0.2, -0.15) is 6.42 Å². The average Bonchev–Trinajstić information content (AvgIpc) is 2.57. The number of halogens is 2. The Balaban J connectivity index is -0.0000000932. The molecule has 27 heavy (non-hydrogen) atoms. The summed E-state index contributed by atoms with van der Waals surface area (Å²) in [6, 6.07) is 1.49. The van der Waals surface area contributed by atoms with Gasteiger partial charge >= 0.3 is 23.1 Å². The molecule has 0 rings (SSSR count). The first-order chi connectivity index (χ1) is 11.9. The zero-order valence-corrected chi connectivity index (χ0v) is 23.1. The first kappa shape index (κ1) is 38.4. The molecule has 0 saturated carbocycles. The van der Waals surface area contributed by atoms with Crippen LogP contribution in [0.25, 0.3) is 0 Å². The van der Waals surface area contributed by atoms with Gasteiger partial charge in [-0.05, 0) is 32.1 Å². The monoisotopic (exact) mass is 444 g/mol. The Bertz CT molecular complexity index is 302. The summed E-state index contributed by atoms with van der Waals surface area (Å²) in [6.45, 7) is 17.4. The molecule has 4 heteroatoms. The van der Waals surface area contributed by atoms with Crippen LogP contribution in [0, 0.1) is 6.92 Å². The van der Waals surface area contributed by atoms with E-state index in [1.807, 2.05) is 0 Å². The Morgan fingerprint density at radius 3 is 1.52 bits per heavy atom. The van der Waals surface area contributed by atoms with E-state index in [4.69, 9.17) is 11.6 Å². The van der Waals surface area contributed by atoms with Crippen LogP contribution in [0.2, 0.25) is 25.7 Å². The van der Waals surface area contributed by atoms with Gasteiger partial charge in [0.25, 0.3) is 0 Å². The van der Waals surface area contributed by atoms with Crippen LogP contribution < -0.4 is 12.4 Å². The van der Waals surface area contributed by atoms with Crippen molar-refractivity contribution in [1.82, 2.24) is 0 Å². The van der Waals surface area contributed by atoms with E-state index in [0.29, 0.717) is 0 Å². The van der Waals surface area contributed by atoms with Gasteiger partial charge in [0.15, 0.2) is 0 Å². The van der Waals surface area contributed by atoms with Crippen molar-refractivity contribution in [3.05, 3.63) is 43.4 Å². The number of unbranched alkanes of at least 4 members (excludes halogenated alkanes) is 2. The molecule has 158 valence electrons. The maximum absolute atomic E-state index is 5.39. The molecule has 0 N–H and O–H groups in total. The smallest absolute Gasteiger partial charge is 1.00 e. The molecule has 0 aliphatic carbocycles. The summed E-state index contributed by atoms with van der Waals surface area (Å²) >= 11 is 5.39. The van der Waals surface area contributed by atoms with Crippen LogP contribution in [0.1, 0.15) is 72.1 Å². The molecular weight excluding hydrogens is 400 g/mol. The molecule has 0 aliphatic rings. The Hall–Kier alpha value is 0.783. The predicted molar refractivity (Wildman–Crippen MR) is 131 cm³/mol. The van der Waals surface area contributed by atoms with E-state index in [1.54, 1.807) is 0 Å². The molecule has 0 aromatic heterocycles. The van der Waals surface area contributed by atoms with E-state index in [0.717, 1.165) is 31.6 Å². The summed E-state index contributed by atoms with van der Waals surface area (Å²) in [5, 5.41) is 0. The third kappa shape index (κ3) is 58.4. The summed E-state index contributed by atoms with van der Waals surface area (Å²) in [5.74, 6) is 0.747. The molecule has 0 saturated heterocycles. The van der Waals surface area contributed by atoms with Crippen LogP contribution in [0.3, 0.4) is 0 Å². The molecule has 0 unspecified atom stereocenters. The zero-order chi connectivity index (χ0) is 19.8. The van der Waals surface area contributed by atoms with Crippen molar-refractivity contribution < 1.29 is 12.4 Å².